The molecular weight excluding hydrogens is 348 g/mol. The molecule has 1 unspecified atom stereocenters. The summed E-state index contributed by atoms with van der Waals surface area (Å²) >= 11 is 0. The molecule has 0 N–H and O–H groups in total. The molecule has 0 aromatic carbocycles. The van der Waals surface area contributed by atoms with E-state index in [2.05, 4.69) is 27.1 Å². The topological polar surface area (TPSA) is 68.1 Å². The maximum atomic E-state index is 11.9. The standard InChI is InChI=1S/C19H24N4O2S/c1-19(7-11-26(24,25)15-19)23-13-17(12-21-23)16-5-9-22(10-6-16)14-18-4-2-3-8-20-18/h2-5,8,12-13H,6-7,9-11,14-15H2,1H3. The lowest BCUT2D eigenvalue weighted by Crippen LogP contribution is -2.31. The fraction of sp³-hybridized carbons (Fsp3) is 0.474. The Morgan fingerprint density at radius 2 is 2.19 bits per heavy atom. The first-order valence-electron chi connectivity index (χ1n) is 9.01. The van der Waals surface area contributed by atoms with Crippen molar-refractivity contribution < 1.29 is 8.42 Å². The largest absolute Gasteiger partial charge is 0.294 e. The van der Waals surface area contributed by atoms with Crippen LogP contribution in [0.5, 0.6) is 0 Å². The Balaban J connectivity index is 1.44. The van der Waals surface area contributed by atoms with Crippen molar-refractivity contribution >= 4 is 15.4 Å². The molecule has 1 atom stereocenters. The number of sulfone groups is 1. The van der Waals surface area contributed by atoms with Crippen molar-refractivity contribution in [1.29, 1.82) is 0 Å². The summed E-state index contributed by atoms with van der Waals surface area (Å²) in [6.07, 6.45) is 9.57. The van der Waals surface area contributed by atoms with E-state index in [1.165, 1.54) is 5.57 Å². The monoisotopic (exact) mass is 372 g/mol. The summed E-state index contributed by atoms with van der Waals surface area (Å²) in [6, 6.07) is 6.01. The van der Waals surface area contributed by atoms with Gasteiger partial charge in [0.25, 0.3) is 0 Å². The van der Waals surface area contributed by atoms with Crippen LogP contribution >= 0.6 is 0 Å². The molecule has 26 heavy (non-hydrogen) atoms. The average molecular weight is 372 g/mol. The minimum atomic E-state index is -2.94. The van der Waals surface area contributed by atoms with E-state index in [1.807, 2.05) is 42.3 Å². The summed E-state index contributed by atoms with van der Waals surface area (Å²) in [7, 11) is -2.94. The number of hydrogen-bond acceptors (Lipinski definition) is 5. The smallest absolute Gasteiger partial charge is 0.152 e. The number of aromatic nitrogens is 3. The fourth-order valence-corrected chi connectivity index (χ4v) is 5.92. The van der Waals surface area contributed by atoms with Gasteiger partial charge in [-0.25, -0.2) is 8.42 Å². The van der Waals surface area contributed by atoms with Crippen molar-refractivity contribution in [1.82, 2.24) is 19.7 Å². The van der Waals surface area contributed by atoms with Crippen LogP contribution in [-0.4, -0.2) is 52.7 Å². The molecule has 6 nitrogen and oxygen atoms in total. The van der Waals surface area contributed by atoms with Crippen molar-refractivity contribution in [3.8, 4) is 0 Å². The van der Waals surface area contributed by atoms with Crippen LogP contribution in [0.3, 0.4) is 0 Å². The Kier molecular flexibility index (Phi) is 4.44. The second-order valence-electron chi connectivity index (χ2n) is 7.55. The fourth-order valence-electron chi connectivity index (χ4n) is 3.80. The zero-order chi connectivity index (χ0) is 18.2. The normalized spacial score (nSPS) is 26.0. The zero-order valence-corrected chi connectivity index (χ0v) is 15.8. The Labute approximate surface area is 154 Å². The first kappa shape index (κ1) is 17.4. The molecule has 2 aliphatic heterocycles. The van der Waals surface area contributed by atoms with Gasteiger partial charge >= 0.3 is 0 Å². The zero-order valence-electron chi connectivity index (χ0n) is 15.0. The van der Waals surface area contributed by atoms with Gasteiger partial charge in [0.1, 0.15) is 0 Å². The van der Waals surface area contributed by atoms with Crippen molar-refractivity contribution in [2.45, 2.75) is 31.8 Å². The van der Waals surface area contributed by atoms with Crippen LogP contribution in [0.25, 0.3) is 5.57 Å². The highest BCUT2D eigenvalue weighted by atomic mass is 32.2. The number of rotatable bonds is 4. The summed E-state index contributed by atoms with van der Waals surface area (Å²) in [5.41, 5.74) is 3.07. The second kappa shape index (κ2) is 6.63. The first-order chi connectivity index (χ1) is 12.4. The highest BCUT2D eigenvalue weighted by molar-refractivity contribution is 7.91. The van der Waals surface area contributed by atoms with Crippen LogP contribution in [0.1, 0.15) is 31.0 Å². The van der Waals surface area contributed by atoms with Crippen molar-refractivity contribution in [2.24, 2.45) is 0 Å². The van der Waals surface area contributed by atoms with Crippen LogP contribution in [0.15, 0.2) is 42.9 Å². The number of nitrogens with zero attached hydrogens (tertiary/aromatic N) is 4. The molecule has 0 bridgehead atoms. The van der Waals surface area contributed by atoms with E-state index in [1.54, 1.807) is 0 Å². The maximum absolute atomic E-state index is 11.9. The molecule has 7 heteroatoms. The lowest BCUT2D eigenvalue weighted by molar-refractivity contribution is 0.290. The molecule has 0 radical (unpaired) electrons. The SMILES string of the molecule is CC1(n2cc(C3=CCN(Cc4ccccn4)CC3)cn2)CCS(=O)(=O)C1. The molecular formula is C19H24N4O2S. The van der Waals surface area contributed by atoms with Gasteiger partial charge in [0.15, 0.2) is 9.84 Å². The third-order valence-corrected chi connectivity index (χ3v) is 7.28. The van der Waals surface area contributed by atoms with Crippen LogP contribution in [0, 0.1) is 0 Å². The van der Waals surface area contributed by atoms with Gasteiger partial charge in [-0.1, -0.05) is 12.1 Å². The third-order valence-electron chi connectivity index (χ3n) is 5.39. The highest BCUT2D eigenvalue weighted by Gasteiger charge is 2.40. The predicted octanol–water partition coefficient (Wildman–Crippen LogP) is 2.10. The van der Waals surface area contributed by atoms with Gasteiger partial charge in [-0.15, -0.1) is 0 Å². The highest BCUT2D eigenvalue weighted by Crippen LogP contribution is 2.31. The van der Waals surface area contributed by atoms with Crippen molar-refractivity contribution in [3.05, 3.63) is 54.1 Å². The van der Waals surface area contributed by atoms with Gasteiger partial charge in [0, 0.05) is 37.6 Å². The summed E-state index contributed by atoms with van der Waals surface area (Å²) in [5, 5.41) is 4.49. The van der Waals surface area contributed by atoms with Crippen LogP contribution in [0.2, 0.25) is 0 Å². The minimum absolute atomic E-state index is 0.179. The molecule has 0 spiro atoms. The molecule has 2 aliphatic rings. The van der Waals surface area contributed by atoms with E-state index in [-0.39, 0.29) is 11.5 Å². The van der Waals surface area contributed by atoms with Gasteiger partial charge in [-0.2, -0.15) is 5.10 Å². The van der Waals surface area contributed by atoms with E-state index in [0.717, 1.165) is 37.3 Å². The van der Waals surface area contributed by atoms with Gasteiger partial charge in [-0.05, 0) is 37.5 Å². The number of pyridine rings is 1. The third kappa shape index (κ3) is 3.59. The molecule has 1 saturated heterocycles. The van der Waals surface area contributed by atoms with Crippen LogP contribution in [-0.2, 0) is 21.9 Å². The van der Waals surface area contributed by atoms with E-state index >= 15 is 0 Å². The van der Waals surface area contributed by atoms with Gasteiger partial charge in [-0.3, -0.25) is 14.6 Å². The summed E-state index contributed by atoms with van der Waals surface area (Å²) in [6.45, 7) is 4.72. The first-order valence-corrected chi connectivity index (χ1v) is 10.8. The van der Waals surface area contributed by atoms with Crippen molar-refractivity contribution in [3.63, 3.8) is 0 Å². The lowest BCUT2D eigenvalue weighted by Gasteiger charge is -2.26. The molecule has 1 fully saturated rings. The molecule has 138 valence electrons. The Morgan fingerprint density at radius 3 is 2.85 bits per heavy atom. The van der Waals surface area contributed by atoms with Gasteiger partial charge in [0.2, 0.25) is 0 Å². The van der Waals surface area contributed by atoms with E-state index < -0.39 is 15.4 Å². The summed E-state index contributed by atoms with van der Waals surface area (Å²) in [5.74, 6) is 0.432. The average Bonchev–Trinajstić information content (AvgIpc) is 3.22. The number of hydrogen-bond donors (Lipinski definition) is 0. The van der Waals surface area contributed by atoms with E-state index in [4.69, 9.17) is 0 Å². The quantitative estimate of drug-likeness (QED) is 0.822. The molecule has 4 rings (SSSR count). The lowest BCUT2D eigenvalue weighted by atomic mass is 10.0. The van der Waals surface area contributed by atoms with Gasteiger partial charge < -0.3 is 0 Å². The Bertz CT molecular complexity index is 920. The van der Waals surface area contributed by atoms with Crippen LogP contribution < -0.4 is 0 Å². The maximum Gasteiger partial charge on any atom is 0.152 e. The van der Waals surface area contributed by atoms with E-state index in [9.17, 15) is 8.42 Å². The predicted molar refractivity (Wildman–Crippen MR) is 101 cm³/mol. The molecule has 2 aromatic rings. The molecule has 2 aromatic heterocycles. The van der Waals surface area contributed by atoms with Crippen LogP contribution in [0.4, 0.5) is 0 Å². The molecule has 4 heterocycles. The summed E-state index contributed by atoms with van der Waals surface area (Å²) < 4.78 is 25.6. The minimum Gasteiger partial charge on any atom is -0.294 e. The summed E-state index contributed by atoms with van der Waals surface area (Å²) in [4.78, 5) is 6.77. The van der Waals surface area contributed by atoms with Gasteiger partial charge in [0.05, 0.1) is 28.9 Å². The van der Waals surface area contributed by atoms with Crippen molar-refractivity contribution in [2.75, 3.05) is 24.6 Å². The Morgan fingerprint density at radius 1 is 1.31 bits per heavy atom. The molecule has 0 aliphatic carbocycles. The van der Waals surface area contributed by atoms with E-state index in [0.29, 0.717) is 6.42 Å². The molecule has 0 saturated carbocycles. The molecule has 0 amide bonds. The Hall–Kier alpha value is -1.99. The second-order valence-corrected chi connectivity index (χ2v) is 9.73.